The third kappa shape index (κ3) is 3.58. The summed E-state index contributed by atoms with van der Waals surface area (Å²) in [7, 11) is 1.78. The maximum absolute atomic E-state index is 14.0. The van der Waals surface area contributed by atoms with Crippen molar-refractivity contribution in [2.24, 2.45) is 5.41 Å². The topological polar surface area (TPSA) is 81.3 Å². The van der Waals surface area contributed by atoms with Gasteiger partial charge in [-0.25, -0.2) is 4.39 Å². The molecule has 1 unspecified atom stereocenters. The van der Waals surface area contributed by atoms with Crippen LogP contribution >= 0.6 is 11.6 Å². The van der Waals surface area contributed by atoms with Gasteiger partial charge in [0.1, 0.15) is 5.82 Å². The van der Waals surface area contributed by atoms with Crippen molar-refractivity contribution in [3.05, 3.63) is 35.1 Å². The number of nitrogens with zero attached hydrogens (tertiary/aromatic N) is 3. The van der Waals surface area contributed by atoms with Gasteiger partial charge in [-0.2, -0.15) is 0 Å². The fourth-order valence-corrected chi connectivity index (χ4v) is 3.34. The summed E-state index contributed by atoms with van der Waals surface area (Å²) in [6.45, 7) is 2.72. The van der Waals surface area contributed by atoms with Gasteiger partial charge < -0.3 is 15.4 Å². The second-order valence-corrected chi connectivity index (χ2v) is 7.23. The number of benzene rings is 1. The summed E-state index contributed by atoms with van der Waals surface area (Å²) in [6, 6.07) is 5.76. The van der Waals surface area contributed by atoms with E-state index in [9.17, 15) is 9.18 Å². The predicted molar refractivity (Wildman–Crippen MR) is 98.4 cm³/mol. The molecule has 6 nitrogen and oxygen atoms in total. The molecule has 1 aromatic carbocycles. The first-order valence-electron chi connectivity index (χ1n) is 8.27. The van der Waals surface area contributed by atoms with Crippen LogP contribution in [0.5, 0.6) is 0 Å². The Balaban J connectivity index is 1.85. The number of nitrogen functional groups attached to an aromatic ring is 1. The molecule has 2 aromatic rings. The molecule has 1 aliphatic heterocycles. The van der Waals surface area contributed by atoms with Gasteiger partial charge in [0.15, 0.2) is 5.82 Å². The van der Waals surface area contributed by atoms with Crippen molar-refractivity contribution in [1.29, 1.82) is 0 Å². The van der Waals surface area contributed by atoms with Gasteiger partial charge in [-0.1, -0.05) is 11.6 Å². The van der Waals surface area contributed by atoms with Crippen LogP contribution in [0.2, 0.25) is 5.02 Å². The molecule has 0 bridgehead atoms. The van der Waals surface area contributed by atoms with Crippen LogP contribution in [0.25, 0.3) is 11.3 Å². The molecule has 8 heteroatoms. The third-order valence-electron chi connectivity index (χ3n) is 4.55. The van der Waals surface area contributed by atoms with Crippen LogP contribution in [0, 0.1) is 11.2 Å². The molecule has 1 atom stereocenters. The van der Waals surface area contributed by atoms with Gasteiger partial charge in [-0.15, -0.1) is 10.2 Å². The highest BCUT2D eigenvalue weighted by Crippen LogP contribution is 2.33. The van der Waals surface area contributed by atoms with Gasteiger partial charge >= 0.3 is 5.97 Å². The minimum atomic E-state index is -0.626. The van der Waals surface area contributed by atoms with Crippen LogP contribution in [0.3, 0.4) is 0 Å². The van der Waals surface area contributed by atoms with E-state index < -0.39 is 11.2 Å². The van der Waals surface area contributed by atoms with Crippen molar-refractivity contribution in [3.63, 3.8) is 0 Å². The SMILES string of the molecule is CN(CC1(C)CCCOC1=O)c1nnc(-c2cc(Cl)ccc2F)cc1N. The van der Waals surface area contributed by atoms with Crippen molar-refractivity contribution in [2.45, 2.75) is 19.8 Å². The number of hydrogen-bond acceptors (Lipinski definition) is 6. The molecule has 0 amide bonds. The lowest BCUT2D eigenvalue weighted by atomic mass is 9.83. The van der Waals surface area contributed by atoms with E-state index >= 15 is 0 Å². The van der Waals surface area contributed by atoms with E-state index in [4.69, 9.17) is 22.1 Å². The van der Waals surface area contributed by atoms with Gasteiger partial charge in [0.05, 0.1) is 23.4 Å². The number of hydrogen-bond donors (Lipinski definition) is 1. The van der Waals surface area contributed by atoms with Crippen LogP contribution < -0.4 is 10.6 Å². The summed E-state index contributed by atoms with van der Waals surface area (Å²) in [5.41, 5.74) is 6.35. The van der Waals surface area contributed by atoms with Crippen molar-refractivity contribution < 1.29 is 13.9 Å². The molecule has 3 rings (SSSR count). The lowest BCUT2D eigenvalue weighted by Gasteiger charge is -2.35. The molecule has 1 aliphatic rings. The molecule has 26 heavy (non-hydrogen) atoms. The van der Waals surface area contributed by atoms with E-state index in [1.807, 2.05) is 6.92 Å². The number of aromatic nitrogens is 2. The van der Waals surface area contributed by atoms with Crippen LogP contribution in [-0.4, -0.2) is 36.4 Å². The smallest absolute Gasteiger partial charge is 0.313 e. The van der Waals surface area contributed by atoms with E-state index in [2.05, 4.69) is 10.2 Å². The molecule has 1 aromatic heterocycles. The summed E-state index contributed by atoms with van der Waals surface area (Å²) in [5, 5.41) is 8.61. The summed E-state index contributed by atoms with van der Waals surface area (Å²) < 4.78 is 19.2. The second-order valence-electron chi connectivity index (χ2n) is 6.79. The first kappa shape index (κ1) is 18.4. The number of cyclic esters (lactones) is 1. The number of nitrogens with two attached hydrogens (primary N) is 1. The molecule has 0 radical (unpaired) electrons. The van der Waals surface area contributed by atoms with Gasteiger partial charge in [0, 0.05) is 24.2 Å². The molecule has 2 N–H and O–H groups in total. The Kier molecular flexibility index (Phi) is 5.00. The first-order chi connectivity index (χ1) is 12.3. The quantitative estimate of drug-likeness (QED) is 0.822. The Morgan fingerprint density at radius 2 is 2.15 bits per heavy atom. The normalized spacial score (nSPS) is 19.9. The first-order valence-corrected chi connectivity index (χ1v) is 8.65. The molecular formula is C18H20ClFN4O2. The number of halogens is 2. The van der Waals surface area contributed by atoms with E-state index in [1.165, 1.54) is 18.2 Å². The largest absolute Gasteiger partial charge is 0.465 e. The molecule has 0 saturated carbocycles. The minimum absolute atomic E-state index is 0.222. The maximum Gasteiger partial charge on any atom is 0.313 e. The van der Waals surface area contributed by atoms with Crippen molar-refractivity contribution in [3.8, 4) is 11.3 Å². The Morgan fingerprint density at radius 1 is 1.38 bits per heavy atom. The molecule has 0 aliphatic carbocycles. The average molecular weight is 379 g/mol. The predicted octanol–water partition coefficient (Wildman–Crippen LogP) is 3.30. The average Bonchev–Trinajstić information content (AvgIpc) is 2.59. The van der Waals surface area contributed by atoms with Crippen LogP contribution in [0.4, 0.5) is 15.9 Å². The summed E-state index contributed by atoms with van der Waals surface area (Å²) >= 11 is 5.93. The van der Waals surface area contributed by atoms with Gasteiger partial charge in [0.25, 0.3) is 0 Å². The van der Waals surface area contributed by atoms with E-state index in [-0.39, 0.29) is 11.5 Å². The van der Waals surface area contributed by atoms with Crippen molar-refractivity contribution in [1.82, 2.24) is 10.2 Å². The molecule has 2 heterocycles. The van der Waals surface area contributed by atoms with Crippen LogP contribution in [0.1, 0.15) is 19.8 Å². The second kappa shape index (κ2) is 7.07. The fourth-order valence-electron chi connectivity index (χ4n) is 3.17. The summed E-state index contributed by atoms with van der Waals surface area (Å²) in [5.74, 6) is -0.253. The Hall–Kier alpha value is -2.41. The molecule has 138 valence electrons. The summed E-state index contributed by atoms with van der Waals surface area (Å²) in [6.07, 6.45) is 1.56. The highest BCUT2D eigenvalue weighted by atomic mass is 35.5. The molecule has 1 fully saturated rings. The number of anilines is 2. The van der Waals surface area contributed by atoms with Crippen molar-refractivity contribution in [2.75, 3.05) is 30.8 Å². The van der Waals surface area contributed by atoms with Gasteiger partial charge in [0.2, 0.25) is 0 Å². The molecular weight excluding hydrogens is 359 g/mol. The Morgan fingerprint density at radius 3 is 2.85 bits per heavy atom. The number of ether oxygens (including phenoxy) is 1. The van der Waals surface area contributed by atoms with E-state index in [1.54, 1.807) is 18.0 Å². The number of carbonyl (C=O) groups is 1. The standard InChI is InChI=1S/C18H20ClFN4O2/c1-18(6-3-7-26-17(18)25)10-24(2)16-14(21)9-15(22-23-16)12-8-11(19)4-5-13(12)20/h4-5,8-9H,3,6-7,10H2,1-2H3,(H2,21,22). The zero-order valence-electron chi connectivity index (χ0n) is 14.6. The third-order valence-corrected chi connectivity index (χ3v) is 4.79. The molecule has 0 spiro atoms. The number of rotatable bonds is 4. The monoisotopic (exact) mass is 378 g/mol. The van der Waals surface area contributed by atoms with Gasteiger partial charge in [-0.3, -0.25) is 4.79 Å². The maximum atomic E-state index is 14.0. The Labute approximate surface area is 156 Å². The lowest BCUT2D eigenvalue weighted by molar-refractivity contribution is -0.160. The fraction of sp³-hybridized carbons (Fsp3) is 0.389. The highest BCUT2D eigenvalue weighted by molar-refractivity contribution is 6.30. The van der Waals surface area contributed by atoms with Crippen molar-refractivity contribution >= 4 is 29.1 Å². The lowest BCUT2D eigenvalue weighted by Crippen LogP contribution is -2.44. The number of carbonyl (C=O) groups excluding carboxylic acids is 1. The molecule has 1 saturated heterocycles. The minimum Gasteiger partial charge on any atom is -0.465 e. The zero-order valence-corrected chi connectivity index (χ0v) is 15.4. The van der Waals surface area contributed by atoms with Crippen LogP contribution in [0.15, 0.2) is 24.3 Å². The Bertz CT molecular complexity index is 848. The van der Waals surface area contributed by atoms with E-state index in [0.29, 0.717) is 35.4 Å². The number of esters is 1. The van der Waals surface area contributed by atoms with Gasteiger partial charge in [-0.05, 0) is 44.0 Å². The van der Waals surface area contributed by atoms with Crippen LogP contribution in [-0.2, 0) is 9.53 Å². The zero-order chi connectivity index (χ0) is 18.9. The van der Waals surface area contributed by atoms with E-state index in [0.717, 1.165) is 12.8 Å². The summed E-state index contributed by atoms with van der Waals surface area (Å²) in [4.78, 5) is 13.9. The highest BCUT2D eigenvalue weighted by Gasteiger charge is 2.39.